The van der Waals surface area contributed by atoms with E-state index in [-0.39, 0.29) is 137 Å². The molecule has 738 valence electrons. The summed E-state index contributed by atoms with van der Waals surface area (Å²) in [5.41, 5.74) is 25.3. The summed E-state index contributed by atoms with van der Waals surface area (Å²) in [6.45, 7) is 32.0. The molecule has 26 aromatic rings. The molecular formula is C139H131Dy3O3-3. The van der Waals surface area contributed by atoms with Crippen LogP contribution in [0.1, 0.15) is 111 Å². The summed E-state index contributed by atoms with van der Waals surface area (Å²) in [7, 11) is 0. The van der Waals surface area contributed by atoms with Crippen LogP contribution in [0.4, 0.5) is 0 Å². The fourth-order valence-corrected chi connectivity index (χ4v) is 19.9. The second kappa shape index (κ2) is 54.7. The van der Waals surface area contributed by atoms with Gasteiger partial charge in [-0.25, -0.2) is 0 Å². The van der Waals surface area contributed by atoms with Crippen molar-refractivity contribution in [2.24, 2.45) is 0 Å². The van der Waals surface area contributed by atoms with Crippen molar-refractivity contribution < 1.29 is 128 Å². The Labute approximate surface area is 950 Å². The van der Waals surface area contributed by atoms with Gasteiger partial charge in [0.15, 0.2) is 0 Å². The van der Waals surface area contributed by atoms with E-state index in [9.17, 15) is 0 Å². The van der Waals surface area contributed by atoms with Crippen molar-refractivity contribution >= 4 is 163 Å². The van der Waals surface area contributed by atoms with Crippen LogP contribution in [-0.2, 0) is 0 Å². The van der Waals surface area contributed by atoms with E-state index in [1.54, 1.807) is 0 Å². The van der Waals surface area contributed by atoms with Crippen LogP contribution in [0.3, 0.4) is 0 Å². The topological polar surface area (TPSA) is 39.4 Å². The van der Waals surface area contributed by atoms with Crippen molar-refractivity contribution in [3.63, 3.8) is 0 Å². The van der Waals surface area contributed by atoms with Gasteiger partial charge in [-0.05, 0) is 223 Å². The molecule has 0 fully saturated rings. The summed E-state index contributed by atoms with van der Waals surface area (Å²) in [5, 5.41) is 29.7. The summed E-state index contributed by atoms with van der Waals surface area (Å²) < 4.78 is 18.6. The van der Waals surface area contributed by atoms with Crippen molar-refractivity contribution in [1.82, 2.24) is 0 Å². The summed E-state index contributed by atoms with van der Waals surface area (Å²) in [5.74, 6) is 0. The van der Waals surface area contributed by atoms with Gasteiger partial charge in [-0.2, -0.15) is 0 Å². The van der Waals surface area contributed by atoms with E-state index in [0.29, 0.717) is 0 Å². The second-order valence-corrected chi connectivity index (χ2v) is 32.2. The van der Waals surface area contributed by atoms with Gasteiger partial charge in [-0.1, -0.05) is 517 Å². The number of benzene rings is 23. The average molecular weight is 2340 g/mol. The predicted molar refractivity (Wildman–Crippen MR) is 632 cm³/mol. The van der Waals surface area contributed by atoms with Crippen molar-refractivity contribution in [3.05, 3.63) is 471 Å². The molecule has 0 radical (unpaired) electrons. The Balaban J connectivity index is 0.000000205. The van der Waals surface area contributed by atoms with Gasteiger partial charge in [0.1, 0.15) is 33.5 Å². The molecule has 3 nitrogen and oxygen atoms in total. The van der Waals surface area contributed by atoms with E-state index in [1.807, 2.05) is 147 Å². The van der Waals surface area contributed by atoms with E-state index in [0.717, 1.165) is 76.9 Å². The second-order valence-electron chi connectivity index (χ2n) is 32.2. The summed E-state index contributed by atoms with van der Waals surface area (Å²) in [4.78, 5) is 0. The molecule has 0 saturated heterocycles. The summed E-state index contributed by atoms with van der Waals surface area (Å²) in [6.07, 6.45) is 0. The predicted octanol–water partition coefficient (Wildman–Crippen LogP) is 44.0. The van der Waals surface area contributed by atoms with Gasteiger partial charge < -0.3 is 35.5 Å². The quantitative estimate of drug-likeness (QED) is 0.112. The maximum Gasteiger partial charge on any atom is 0.143 e. The Morgan fingerprint density at radius 1 is 0.124 bits per heavy atom. The van der Waals surface area contributed by atoms with Crippen LogP contribution in [0.15, 0.2) is 462 Å². The molecule has 0 N–H and O–H groups in total. The Morgan fingerprint density at radius 3 is 0.634 bits per heavy atom. The van der Waals surface area contributed by atoms with Crippen molar-refractivity contribution in [2.75, 3.05) is 0 Å². The molecule has 0 amide bonds. The van der Waals surface area contributed by atoms with Gasteiger partial charge in [-0.3, -0.25) is 0 Å². The molecule has 0 atom stereocenters. The van der Waals surface area contributed by atoms with Crippen LogP contribution in [0, 0.1) is 137 Å². The van der Waals surface area contributed by atoms with E-state index >= 15 is 0 Å². The van der Waals surface area contributed by atoms with Crippen molar-refractivity contribution in [3.8, 4) is 89.0 Å². The molecule has 0 aliphatic carbocycles. The first-order valence-corrected chi connectivity index (χ1v) is 50.2. The standard InChI is InChI=1S/2C42H26O.C36H22O.8C2H6.3CH3.3Dy/c1-2-13-30-27(11-1)12-9-20-33(30)41-36-17-5-3-15-34(36)40(35-16-4-6-18-37(35)41)29-25-23-28(24-26-29)31-19-10-21-38-32-14-7-8-22-39(32)43-42(31)38;1-2-12-31-28(10-1)11-9-18-33(31)42-36-16-5-3-14-34(36)41(35-15-4-6-17-37(35)42)29-22-20-27(21-23-29)30-24-25-40-38(26-30)32-13-7-8-19-39(32)43-40;1-2-12-25-23(10-1)11-9-18-27(25)36-30-16-5-3-14-28(30)35(29-15-4-6-17-31(29)36)24-20-21-34-32(22-24)26-13-7-8-19-33(26)37-34;8*1-2;;;;;;/h2*1-26H;1-22H;8*1-2H3;3*1H3;;;/q;;;;;;;;;;;3*-1;;;. The zero-order chi connectivity index (χ0) is 97.0. The van der Waals surface area contributed by atoms with Crippen LogP contribution < -0.4 is 0 Å². The number of furan rings is 3. The first kappa shape index (κ1) is 115. The first-order chi connectivity index (χ1) is 69.0. The molecule has 3 aromatic heterocycles. The normalized spacial score (nSPS) is 10.3. The Hall–Kier alpha value is -12.4. The minimum Gasteiger partial charge on any atom is -0.456 e. The summed E-state index contributed by atoms with van der Waals surface area (Å²) in [6, 6.07) is 162. The van der Waals surface area contributed by atoms with Gasteiger partial charge in [-0.15, -0.1) is 0 Å². The molecule has 0 saturated carbocycles. The minimum atomic E-state index is 0. The number of hydrogen-bond donors (Lipinski definition) is 0. The maximum atomic E-state index is 6.35. The molecular weight excluding hydrogens is 2210 g/mol. The maximum absolute atomic E-state index is 6.35. The van der Waals surface area contributed by atoms with Crippen molar-refractivity contribution in [2.45, 2.75) is 111 Å². The molecule has 0 aliphatic rings. The van der Waals surface area contributed by atoms with Crippen LogP contribution in [-0.4, -0.2) is 0 Å². The monoisotopic (exact) mass is 2340 g/mol. The third-order valence-electron chi connectivity index (χ3n) is 25.4. The molecule has 26 rings (SSSR count). The molecule has 23 aromatic carbocycles. The van der Waals surface area contributed by atoms with Gasteiger partial charge in [0.05, 0.1) is 0 Å². The Kier molecular flexibility index (Phi) is 43.2. The van der Waals surface area contributed by atoms with Crippen LogP contribution >= 0.6 is 0 Å². The van der Waals surface area contributed by atoms with Crippen molar-refractivity contribution in [1.29, 1.82) is 0 Å². The van der Waals surface area contributed by atoms with Gasteiger partial charge in [0, 0.05) is 152 Å². The molecule has 0 unspecified atom stereocenters. The fraction of sp³-hybridized carbons (Fsp3) is 0.115. The zero-order valence-electron chi connectivity index (χ0n) is 86.9. The van der Waals surface area contributed by atoms with E-state index in [2.05, 4.69) is 413 Å². The largest absolute Gasteiger partial charge is 0.456 e. The number of hydrogen-bond acceptors (Lipinski definition) is 3. The van der Waals surface area contributed by atoms with E-state index in [1.165, 1.54) is 175 Å². The minimum absolute atomic E-state index is 0. The van der Waals surface area contributed by atoms with Gasteiger partial charge in [0.2, 0.25) is 0 Å². The zero-order valence-corrected chi connectivity index (χ0v) is 93.0. The van der Waals surface area contributed by atoms with Crippen LogP contribution in [0.2, 0.25) is 0 Å². The third kappa shape index (κ3) is 22.5. The molecule has 0 bridgehead atoms. The average Bonchev–Trinajstić information content (AvgIpc) is 1.03. The van der Waals surface area contributed by atoms with Crippen LogP contribution in [0.5, 0.6) is 0 Å². The number of fused-ring (bicyclic) bond motifs is 18. The number of para-hydroxylation sites is 4. The van der Waals surface area contributed by atoms with Gasteiger partial charge in [0.25, 0.3) is 0 Å². The smallest absolute Gasteiger partial charge is 0.143 e. The molecule has 0 aliphatic heterocycles. The van der Waals surface area contributed by atoms with E-state index < -0.39 is 0 Å². The SMILES string of the molecule is CC.CC.CC.CC.CC.CC.CC.CC.[CH3-].[CH3-].[CH3-].[Dy].[Dy].[Dy].c1ccc2c(-c3c4ccccc4c(-c4ccc(-c5ccc6oc7ccccc7c6c5)cc4)c4ccccc34)cccc2c1.c1ccc2c(-c3c4ccccc4c(-c4ccc(-c5cccc6c5oc5ccccc56)cc4)c4ccccc34)cccc2c1.c1ccc2c(-c3c4ccccc4c(-c4ccc5oc6ccccc6c5c4)c4ccccc34)cccc2c1. The first-order valence-electron chi connectivity index (χ1n) is 50.2. The van der Waals surface area contributed by atoms with Gasteiger partial charge >= 0.3 is 0 Å². The Bertz CT molecular complexity index is 8580. The molecule has 0 spiro atoms. The Morgan fingerprint density at radius 2 is 0.317 bits per heavy atom. The van der Waals surface area contributed by atoms with E-state index in [4.69, 9.17) is 13.3 Å². The van der Waals surface area contributed by atoms with Crippen LogP contribution in [0.25, 0.3) is 252 Å². The fourth-order valence-electron chi connectivity index (χ4n) is 19.9. The molecule has 145 heavy (non-hydrogen) atoms. The third-order valence-corrected chi connectivity index (χ3v) is 25.4. The number of rotatable bonds is 8. The summed E-state index contributed by atoms with van der Waals surface area (Å²) >= 11 is 0. The molecule has 3 heterocycles. The molecule has 6 heteroatoms.